The van der Waals surface area contributed by atoms with Crippen LogP contribution in [-0.2, 0) is 4.74 Å². The van der Waals surface area contributed by atoms with Gasteiger partial charge in [0.15, 0.2) is 11.5 Å². The summed E-state index contributed by atoms with van der Waals surface area (Å²) < 4.78 is 6.54. The Bertz CT molecular complexity index is 582. The average Bonchev–Trinajstić information content (AvgIpc) is 2.89. The Labute approximate surface area is 116 Å². The number of carbonyl (C=O) groups is 1. The molecule has 108 valence electrons. The van der Waals surface area contributed by atoms with Gasteiger partial charge in [-0.15, -0.1) is 0 Å². The van der Waals surface area contributed by atoms with Crippen LogP contribution < -0.4 is 16.4 Å². The minimum atomic E-state index is -0.788. The summed E-state index contributed by atoms with van der Waals surface area (Å²) in [6, 6.07) is 0. The number of nitrogens with one attached hydrogen (secondary N) is 2. The quantitative estimate of drug-likeness (QED) is 0.654. The van der Waals surface area contributed by atoms with Gasteiger partial charge in [-0.1, -0.05) is 6.92 Å². The van der Waals surface area contributed by atoms with Crippen molar-refractivity contribution in [1.82, 2.24) is 14.4 Å². The second kappa shape index (κ2) is 6.60. The van der Waals surface area contributed by atoms with Crippen molar-refractivity contribution in [2.24, 2.45) is 5.73 Å². The molecule has 0 spiro atoms. The van der Waals surface area contributed by atoms with Gasteiger partial charge >= 0.3 is 6.09 Å². The number of amides is 1. The molecule has 2 aromatic heterocycles. The molecule has 8 heteroatoms. The Morgan fingerprint density at radius 3 is 3.05 bits per heavy atom. The van der Waals surface area contributed by atoms with Crippen LogP contribution in [0.4, 0.5) is 16.4 Å². The van der Waals surface area contributed by atoms with Crippen LogP contribution in [0.1, 0.15) is 13.3 Å². The lowest BCUT2D eigenvalue weighted by atomic mass is 10.4. The Balaban J connectivity index is 2.08. The maximum absolute atomic E-state index is 10.5. The molecule has 0 aliphatic carbocycles. The Morgan fingerprint density at radius 1 is 1.45 bits per heavy atom. The van der Waals surface area contributed by atoms with Gasteiger partial charge in [-0.2, -0.15) is 0 Å². The fourth-order valence-corrected chi connectivity index (χ4v) is 1.71. The molecule has 0 saturated carbocycles. The fraction of sp³-hybridized carbons (Fsp3) is 0.417. The monoisotopic (exact) mass is 278 g/mol. The van der Waals surface area contributed by atoms with Crippen molar-refractivity contribution in [3.63, 3.8) is 0 Å². The van der Waals surface area contributed by atoms with E-state index in [1.54, 1.807) is 6.20 Å². The highest BCUT2D eigenvalue weighted by molar-refractivity contribution is 5.66. The molecule has 0 fully saturated rings. The van der Waals surface area contributed by atoms with Crippen molar-refractivity contribution in [3.05, 3.63) is 18.6 Å². The molecule has 0 atom stereocenters. The van der Waals surface area contributed by atoms with Crippen molar-refractivity contribution in [1.29, 1.82) is 0 Å². The van der Waals surface area contributed by atoms with Crippen molar-refractivity contribution in [3.8, 4) is 0 Å². The van der Waals surface area contributed by atoms with Gasteiger partial charge < -0.3 is 25.5 Å². The molecule has 8 nitrogen and oxygen atoms in total. The first-order valence-corrected chi connectivity index (χ1v) is 6.44. The number of ether oxygens (including phenoxy) is 1. The third-order valence-corrected chi connectivity index (χ3v) is 2.57. The first-order valence-electron chi connectivity index (χ1n) is 6.44. The number of hydrogen-bond donors (Lipinski definition) is 3. The molecule has 0 bridgehead atoms. The number of hydrogen-bond acceptors (Lipinski definition) is 6. The standard InChI is InChI=1S/C12H18N6O2/c1-2-3-14-9-8-18-6-4-16-11(18)10(17-9)15-5-7-20-12(13)19/h4,6,8,14H,2-3,5,7H2,1H3,(H2,13,19)(H,15,17). The van der Waals surface area contributed by atoms with Gasteiger partial charge in [-0.3, -0.25) is 0 Å². The van der Waals surface area contributed by atoms with E-state index in [9.17, 15) is 4.79 Å². The summed E-state index contributed by atoms with van der Waals surface area (Å²) in [5, 5.41) is 6.30. The van der Waals surface area contributed by atoms with Crippen LogP contribution in [0, 0.1) is 0 Å². The molecule has 0 aliphatic heterocycles. The van der Waals surface area contributed by atoms with Crippen LogP contribution in [0.5, 0.6) is 0 Å². The molecule has 1 amide bonds. The number of primary amides is 1. The minimum Gasteiger partial charge on any atom is -0.448 e. The van der Waals surface area contributed by atoms with Crippen molar-refractivity contribution >= 4 is 23.4 Å². The zero-order valence-electron chi connectivity index (χ0n) is 11.3. The van der Waals surface area contributed by atoms with E-state index in [0.29, 0.717) is 18.0 Å². The first kappa shape index (κ1) is 13.9. The number of imidazole rings is 1. The Morgan fingerprint density at radius 2 is 2.30 bits per heavy atom. The SMILES string of the molecule is CCCNc1cn2ccnc2c(NCCOC(N)=O)n1. The van der Waals surface area contributed by atoms with Crippen LogP contribution in [0.2, 0.25) is 0 Å². The fourth-order valence-electron chi connectivity index (χ4n) is 1.71. The summed E-state index contributed by atoms with van der Waals surface area (Å²) in [6.45, 7) is 3.52. The van der Waals surface area contributed by atoms with E-state index >= 15 is 0 Å². The summed E-state index contributed by atoms with van der Waals surface area (Å²) in [7, 11) is 0. The second-order valence-electron chi connectivity index (χ2n) is 4.15. The second-order valence-corrected chi connectivity index (χ2v) is 4.15. The molecule has 2 heterocycles. The van der Waals surface area contributed by atoms with Crippen LogP contribution in [0.15, 0.2) is 18.6 Å². The van der Waals surface area contributed by atoms with Crippen molar-refractivity contribution in [2.45, 2.75) is 13.3 Å². The Hall–Kier alpha value is -2.51. The predicted molar refractivity (Wildman–Crippen MR) is 75.8 cm³/mol. The molecule has 2 rings (SSSR count). The zero-order valence-corrected chi connectivity index (χ0v) is 11.3. The number of aromatic nitrogens is 3. The first-order chi connectivity index (χ1) is 9.70. The van der Waals surface area contributed by atoms with E-state index in [1.807, 2.05) is 16.8 Å². The number of fused-ring (bicyclic) bond motifs is 1. The lowest BCUT2D eigenvalue weighted by Gasteiger charge is -2.10. The smallest absolute Gasteiger partial charge is 0.404 e. The molecule has 20 heavy (non-hydrogen) atoms. The lowest BCUT2D eigenvalue weighted by molar-refractivity contribution is 0.161. The normalized spacial score (nSPS) is 10.4. The van der Waals surface area contributed by atoms with Crippen molar-refractivity contribution < 1.29 is 9.53 Å². The van der Waals surface area contributed by atoms with Gasteiger partial charge in [-0.05, 0) is 6.42 Å². The molecular formula is C12H18N6O2. The highest BCUT2D eigenvalue weighted by atomic mass is 16.5. The van der Waals surface area contributed by atoms with Gasteiger partial charge in [0.25, 0.3) is 0 Å². The number of anilines is 2. The number of nitrogens with zero attached hydrogens (tertiary/aromatic N) is 3. The number of rotatable bonds is 7. The predicted octanol–water partition coefficient (Wildman–Crippen LogP) is 1.06. The van der Waals surface area contributed by atoms with Crippen LogP contribution >= 0.6 is 0 Å². The van der Waals surface area contributed by atoms with E-state index in [1.165, 1.54) is 0 Å². The van der Waals surface area contributed by atoms with Gasteiger partial charge in [0.2, 0.25) is 0 Å². The van der Waals surface area contributed by atoms with Crippen molar-refractivity contribution in [2.75, 3.05) is 30.3 Å². The zero-order chi connectivity index (χ0) is 14.4. The van der Waals surface area contributed by atoms with E-state index in [2.05, 4.69) is 32.3 Å². The highest BCUT2D eigenvalue weighted by Gasteiger charge is 2.07. The highest BCUT2D eigenvalue weighted by Crippen LogP contribution is 2.16. The van der Waals surface area contributed by atoms with E-state index in [-0.39, 0.29) is 6.61 Å². The summed E-state index contributed by atoms with van der Waals surface area (Å²) in [5.74, 6) is 1.39. The molecule has 4 N–H and O–H groups in total. The molecule has 0 saturated heterocycles. The molecule has 0 aliphatic rings. The molecule has 2 aromatic rings. The van der Waals surface area contributed by atoms with E-state index in [4.69, 9.17) is 5.73 Å². The Kier molecular flexibility index (Phi) is 4.59. The lowest BCUT2D eigenvalue weighted by Crippen LogP contribution is -2.19. The van der Waals surface area contributed by atoms with E-state index in [0.717, 1.165) is 18.8 Å². The van der Waals surface area contributed by atoms with Crippen LogP contribution in [0.25, 0.3) is 5.65 Å². The van der Waals surface area contributed by atoms with Gasteiger partial charge in [0.05, 0.1) is 12.7 Å². The summed E-state index contributed by atoms with van der Waals surface area (Å²) in [4.78, 5) is 19.2. The summed E-state index contributed by atoms with van der Waals surface area (Å²) in [6.07, 6.45) is 5.65. The third kappa shape index (κ3) is 3.50. The largest absolute Gasteiger partial charge is 0.448 e. The third-order valence-electron chi connectivity index (χ3n) is 2.57. The molecular weight excluding hydrogens is 260 g/mol. The molecule has 0 unspecified atom stereocenters. The summed E-state index contributed by atoms with van der Waals surface area (Å²) >= 11 is 0. The topological polar surface area (TPSA) is 107 Å². The van der Waals surface area contributed by atoms with Gasteiger partial charge in [-0.25, -0.2) is 14.8 Å². The number of nitrogens with two attached hydrogens (primary N) is 1. The molecule has 0 aromatic carbocycles. The maximum atomic E-state index is 10.5. The molecule has 0 radical (unpaired) electrons. The average molecular weight is 278 g/mol. The number of carbonyl (C=O) groups excluding carboxylic acids is 1. The summed E-state index contributed by atoms with van der Waals surface area (Å²) in [5.41, 5.74) is 5.61. The van der Waals surface area contributed by atoms with Crippen LogP contribution in [-0.4, -0.2) is 40.2 Å². The van der Waals surface area contributed by atoms with Gasteiger partial charge in [0, 0.05) is 18.9 Å². The maximum Gasteiger partial charge on any atom is 0.404 e. The minimum absolute atomic E-state index is 0.177. The van der Waals surface area contributed by atoms with E-state index < -0.39 is 6.09 Å². The van der Waals surface area contributed by atoms with Crippen LogP contribution in [0.3, 0.4) is 0 Å². The van der Waals surface area contributed by atoms with Gasteiger partial charge in [0.1, 0.15) is 12.4 Å².